The van der Waals surface area contributed by atoms with E-state index in [1.807, 2.05) is 25.7 Å². The van der Waals surface area contributed by atoms with Crippen molar-refractivity contribution < 1.29 is 9.53 Å². The average molecular weight is 318 g/mol. The van der Waals surface area contributed by atoms with Crippen LogP contribution in [0.1, 0.15) is 59.1 Å². The van der Waals surface area contributed by atoms with Gasteiger partial charge in [-0.3, -0.25) is 4.90 Å². The van der Waals surface area contributed by atoms with Gasteiger partial charge in [-0.25, -0.2) is 4.79 Å². The van der Waals surface area contributed by atoms with Gasteiger partial charge in [-0.2, -0.15) is 0 Å². The lowest BCUT2D eigenvalue weighted by molar-refractivity contribution is 0.0577. The summed E-state index contributed by atoms with van der Waals surface area (Å²) in [4.78, 5) is 14.4. The van der Waals surface area contributed by atoms with Crippen LogP contribution in [-0.2, 0) is 17.7 Å². The summed E-state index contributed by atoms with van der Waals surface area (Å²) < 4.78 is 5.60. The van der Waals surface area contributed by atoms with Crippen LogP contribution in [0.4, 0.5) is 10.5 Å². The highest BCUT2D eigenvalue weighted by Gasteiger charge is 2.29. The first-order valence-corrected chi connectivity index (χ1v) is 8.43. The number of benzene rings is 1. The smallest absolute Gasteiger partial charge is 0.414 e. The Bertz CT molecular complexity index is 568. The summed E-state index contributed by atoms with van der Waals surface area (Å²) in [6, 6.07) is 6.30. The van der Waals surface area contributed by atoms with Crippen molar-refractivity contribution >= 4 is 11.8 Å². The molecule has 0 saturated carbocycles. The summed E-state index contributed by atoms with van der Waals surface area (Å²) in [7, 11) is 0. The van der Waals surface area contributed by atoms with Crippen LogP contribution < -0.4 is 10.2 Å². The Labute approximate surface area is 140 Å². The Morgan fingerprint density at radius 3 is 2.52 bits per heavy atom. The fraction of sp³-hybridized carbons (Fsp3) is 0.632. The predicted molar refractivity (Wildman–Crippen MR) is 94.9 cm³/mol. The number of amides is 1. The monoisotopic (exact) mass is 318 g/mol. The van der Waals surface area contributed by atoms with Crippen LogP contribution in [0, 0.1) is 0 Å². The third-order valence-electron chi connectivity index (χ3n) is 3.72. The summed E-state index contributed by atoms with van der Waals surface area (Å²) >= 11 is 0. The highest BCUT2D eigenvalue weighted by atomic mass is 16.6. The van der Waals surface area contributed by atoms with E-state index in [-0.39, 0.29) is 11.6 Å². The normalized spacial score (nSPS) is 15.3. The summed E-state index contributed by atoms with van der Waals surface area (Å²) in [6.07, 6.45) is 1.74. The molecule has 128 valence electrons. The number of fused-ring (bicyclic) bond motifs is 1. The molecule has 0 spiro atoms. The van der Waals surface area contributed by atoms with E-state index in [1.165, 1.54) is 5.56 Å². The molecule has 1 aliphatic heterocycles. The molecular weight excluding hydrogens is 288 g/mol. The van der Waals surface area contributed by atoms with Gasteiger partial charge >= 0.3 is 6.09 Å². The zero-order valence-corrected chi connectivity index (χ0v) is 15.3. The molecule has 1 amide bonds. The third kappa shape index (κ3) is 4.96. The van der Waals surface area contributed by atoms with Crippen LogP contribution in [0.5, 0.6) is 0 Å². The second-order valence-corrected chi connectivity index (χ2v) is 8.26. The van der Waals surface area contributed by atoms with Crippen LogP contribution in [-0.4, -0.2) is 23.8 Å². The Morgan fingerprint density at radius 2 is 1.91 bits per heavy atom. The topological polar surface area (TPSA) is 41.6 Å². The number of anilines is 1. The zero-order valence-electron chi connectivity index (χ0n) is 15.3. The third-order valence-corrected chi connectivity index (χ3v) is 3.72. The van der Waals surface area contributed by atoms with E-state index < -0.39 is 5.60 Å². The lowest BCUT2D eigenvalue weighted by Gasteiger charge is -2.34. The first kappa shape index (κ1) is 17.8. The minimum absolute atomic E-state index is 0.0359. The van der Waals surface area contributed by atoms with Gasteiger partial charge in [0.15, 0.2) is 0 Å². The van der Waals surface area contributed by atoms with Crippen LogP contribution in [0.15, 0.2) is 18.2 Å². The molecule has 23 heavy (non-hydrogen) atoms. The number of ether oxygens (including phenoxy) is 1. The van der Waals surface area contributed by atoms with Gasteiger partial charge in [-0.05, 0) is 65.5 Å². The molecule has 4 heteroatoms. The molecule has 0 fully saturated rings. The van der Waals surface area contributed by atoms with Crippen molar-refractivity contribution in [2.45, 2.75) is 72.1 Å². The zero-order chi connectivity index (χ0) is 17.3. The van der Waals surface area contributed by atoms with Crippen molar-refractivity contribution in [2.75, 3.05) is 11.4 Å². The molecule has 1 aromatic carbocycles. The summed E-state index contributed by atoms with van der Waals surface area (Å²) in [5.74, 6) is 0. The van der Waals surface area contributed by atoms with Crippen molar-refractivity contribution in [3.63, 3.8) is 0 Å². The van der Waals surface area contributed by atoms with Gasteiger partial charge < -0.3 is 10.1 Å². The molecule has 2 rings (SSSR count). The fourth-order valence-corrected chi connectivity index (χ4v) is 2.74. The summed E-state index contributed by atoms with van der Waals surface area (Å²) in [6.45, 7) is 13.6. The highest BCUT2D eigenvalue weighted by Crippen LogP contribution is 2.32. The second-order valence-electron chi connectivity index (χ2n) is 8.26. The first-order chi connectivity index (χ1) is 10.6. The Hall–Kier alpha value is -1.55. The quantitative estimate of drug-likeness (QED) is 0.885. The fourth-order valence-electron chi connectivity index (χ4n) is 2.74. The van der Waals surface area contributed by atoms with Crippen molar-refractivity contribution in [3.05, 3.63) is 29.3 Å². The van der Waals surface area contributed by atoms with E-state index in [1.54, 1.807) is 0 Å². The molecule has 1 N–H and O–H groups in total. The molecule has 1 aliphatic rings. The van der Waals surface area contributed by atoms with Crippen LogP contribution in [0.3, 0.4) is 0 Å². The highest BCUT2D eigenvalue weighted by molar-refractivity contribution is 5.90. The number of nitrogens with one attached hydrogen (secondary N) is 1. The molecular formula is C19H30N2O2. The molecule has 4 nitrogen and oxygen atoms in total. The summed E-state index contributed by atoms with van der Waals surface area (Å²) in [5.41, 5.74) is 2.98. The standard InChI is InChI=1S/C19H30N2O2/c1-18(2,3)20-13-15-10-7-9-14-11-8-12-21(16(14)15)17(22)23-19(4,5)6/h7,9-10,20H,8,11-13H2,1-6H3. The maximum atomic E-state index is 12.6. The van der Waals surface area contributed by atoms with E-state index >= 15 is 0 Å². The van der Waals surface area contributed by atoms with Gasteiger partial charge in [0.1, 0.15) is 5.60 Å². The predicted octanol–water partition coefficient (Wildman–Crippen LogP) is 4.26. The molecule has 0 bridgehead atoms. The molecule has 0 saturated heterocycles. The van der Waals surface area contributed by atoms with Gasteiger partial charge in [0.25, 0.3) is 0 Å². The van der Waals surface area contributed by atoms with Crippen molar-refractivity contribution in [1.82, 2.24) is 5.32 Å². The van der Waals surface area contributed by atoms with Gasteiger partial charge in [-0.1, -0.05) is 18.2 Å². The van der Waals surface area contributed by atoms with Gasteiger partial charge in [0.05, 0.1) is 5.69 Å². The molecule has 0 atom stereocenters. The second kappa shape index (κ2) is 6.52. The minimum atomic E-state index is -0.479. The van der Waals surface area contributed by atoms with E-state index in [0.717, 1.165) is 30.6 Å². The number of carbonyl (C=O) groups is 1. The molecule has 1 aromatic rings. The maximum absolute atomic E-state index is 12.6. The van der Waals surface area contributed by atoms with Crippen molar-refractivity contribution in [2.24, 2.45) is 0 Å². The minimum Gasteiger partial charge on any atom is -0.443 e. The summed E-state index contributed by atoms with van der Waals surface area (Å²) in [5, 5.41) is 3.52. The molecule has 0 aliphatic carbocycles. The number of para-hydroxylation sites is 1. The van der Waals surface area contributed by atoms with E-state index in [0.29, 0.717) is 6.54 Å². The number of nitrogens with zero attached hydrogens (tertiary/aromatic N) is 1. The maximum Gasteiger partial charge on any atom is 0.414 e. The lowest BCUT2D eigenvalue weighted by Crippen LogP contribution is -2.41. The SMILES string of the molecule is CC(C)(C)NCc1cccc2c1N(C(=O)OC(C)(C)C)CCC2. The molecule has 0 unspecified atom stereocenters. The number of rotatable bonds is 2. The lowest BCUT2D eigenvalue weighted by atomic mass is 9.97. The largest absolute Gasteiger partial charge is 0.443 e. The van der Waals surface area contributed by atoms with Crippen molar-refractivity contribution in [1.29, 1.82) is 0 Å². The van der Waals surface area contributed by atoms with Gasteiger partial charge in [0, 0.05) is 18.6 Å². The Kier molecular flexibility index (Phi) is 5.04. The van der Waals surface area contributed by atoms with E-state index in [9.17, 15) is 4.79 Å². The van der Waals surface area contributed by atoms with Gasteiger partial charge in [0.2, 0.25) is 0 Å². The number of aryl methyl sites for hydroxylation is 1. The average Bonchev–Trinajstić information content (AvgIpc) is 2.41. The van der Waals surface area contributed by atoms with Gasteiger partial charge in [-0.15, -0.1) is 0 Å². The number of hydrogen-bond acceptors (Lipinski definition) is 3. The van der Waals surface area contributed by atoms with Crippen LogP contribution in [0.25, 0.3) is 0 Å². The van der Waals surface area contributed by atoms with Crippen molar-refractivity contribution in [3.8, 4) is 0 Å². The Balaban J connectivity index is 2.29. The van der Waals surface area contributed by atoms with Crippen LogP contribution in [0.2, 0.25) is 0 Å². The van der Waals surface area contributed by atoms with Crippen LogP contribution >= 0.6 is 0 Å². The molecule has 0 aromatic heterocycles. The number of carbonyl (C=O) groups excluding carboxylic acids is 1. The number of hydrogen-bond donors (Lipinski definition) is 1. The molecule has 1 heterocycles. The Morgan fingerprint density at radius 1 is 1.22 bits per heavy atom. The van der Waals surface area contributed by atoms with E-state index in [2.05, 4.69) is 44.3 Å². The first-order valence-electron chi connectivity index (χ1n) is 8.43. The molecule has 0 radical (unpaired) electrons. The van der Waals surface area contributed by atoms with E-state index in [4.69, 9.17) is 4.74 Å².